The number of benzene rings is 2. The van der Waals surface area contributed by atoms with E-state index in [1.54, 1.807) is 42.5 Å². The fraction of sp³-hybridized carbons (Fsp3) is 0. The average Bonchev–Trinajstić information content (AvgIpc) is 2.32. The maximum Gasteiger partial charge on any atom is 0.344 e. The summed E-state index contributed by atoms with van der Waals surface area (Å²) in [5, 5.41) is 0.410. The summed E-state index contributed by atoms with van der Waals surface area (Å²) in [5.74, 6) is -0.0829. The summed E-state index contributed by atoms with van der Waals surface area (Å²) >= 11 is 9.20. The van der Waals surface area contributed by atoms with Crippen molar-refractivity contribution in [2.75, 3.05) is 0 Å². The van der Waals surface area contributed by atoms with Crippen LogP contribution in [-0.4, -0.2) is 5.97 Å². The van der Waals surface area contributed by atoms with Crippen molar-refractivity contribution in [2.45, 2.75) is 0 Å². The zero-order chi connectivity index (χ0) is 12.3. The highest BCUT2D eigenvalue weighted by molar-refractivity contribution is 9.10. The van der Waals surface area contributed by atoms with Crippen LogP contribution in [0, 0.1) is 0 Å². The van der Waals surface area contributed by atoms with Crippen LogP contribution in [0.2, 0.25) is 5.02 Å². The highest BCUT2D eigenvalue weighted by atomic mass is 79.9. The SMILES string of the molecule is O=C(Oc1ccccc1Cl)c1ccccc1Br. The lowest BCUT2D eigenvalue weighted by Gasteiger charge is -2.06. The van der Waals surface area contributed by atoms with Crippen molar-refractivity contribution in [3.63, 3.8) is 0 Å². The number of rotatable bonds is 2. The number of para-hydroxylation sites is 1. The van der Waals surface area contributed by atoms with E-state index in [0.29, 0.717) is 20.8 Å². The Bertz CT molecular complexity index is 555. The minimum Gasteiger partial charge on any atom is -0.421 e. The van der Waals surface area contributed by atoms with Crippen LogP contribution in [0.25, 0.3) is 0 Å². The Morgan fingerprint density at radius 2 is 1.71 bits per heavy atom. The van der Waals surface area contributed by atoms with Crippen LogP contribution in [0.5, 0.6) is 5.75 Å². The van der Waals surface area contributed by atoms with Gasteiger partial charge in [-0.05, 0) is 40.2 Å². The summed E-state index contributed by atoms with van der Waals surface area (Å²) in [7, 11) is 0. The first kappa shape index (κ1) is 12.1. The largest absolute Gasteiger partial charge is 0.421 e. The van der Waals surface area contributed by atoms with Gasteiger partial charge in [-0.15, -0.1) is 0 Å². The molecule has 0 fully saturated rings. The Labute approximate surface area is 112 Å². The Kier molecular flexibility index (Phi) is 3.82. The standard InChI is InChI=1S/C13H8BrClO2/c14-10-6-2-1-5-9(10)13(16)17-12-8-4-3-7-11(12)15/h1-8H. The van der Waals surface area contributed by atoms with Crippen LogP contribution in [0.3, 0.4) is 0 Å². The van der Waals surface area contributed by atoms with Gasteiger partial charge in [0, 0.05) is 4.47 Å². The van der Waals surface area contributed by atoms with E-state index in [0.717, 1.165) is 0 Å². The summed E-state index contributed by atoms with van der Waals surface area (Å²) in [6.45, 7) is 0. The van der Waals surface area contributed by atoms with Gasteiger partial charge < -0.3 is 4.74 Å². The number of hydrogen-bond acceptors (Lipinski definition) is 2. The van der Waals surface area contributed by atoms with E-state index in [9.17, 15) is 4.79 Å². The number of carbonyl (C=O) groups is 1. The number of carbonyl (C=O) groups excluding carboxylic acids is 1. The van der Waals surface area contributed by atoms with Crippen LogP contribution in [0.1, 0.15) is 10.4 Å². The van der Waals surface area contributed by atoms with E-state index in [2.05, 4.69) is 15.9 Å². The quantitative estimate of drug-likeness (QED) is 0.610. The van der Waals surface area contributed by atoms with Crippen molar-refractivity contribution in [3.8, 4) is 5.75 Å². The second-order valence-electron chi connectivity index (χ2n) is 3.30. The van der Waals surface area contributed by atoms with Gasteiger partial charge in [0.15, 0.2) is 0 Å². The highest BCUT2D eigenvalue weighted by Crippen LogP contribution is 2.25. The lowest BCUT2D eigenvalue weighted by Crippen LogP contribution is -2.09. The van der Waals surface area contributed by atoms with Crippen LogP contribution in [0.4, 0.5) is 0 Å². The van der Waals surface area contributed by atoms with Gasteiger partial charge in [0.2, 0.25) is 0 Å². The predicted molar refractivity (Wildman–Crippen MR) is 70.6 cm³/mol. The number of esters is 1. The van der Waals surface area contributed by atoms with Crippen LogP contribution in [0.15, 0.2) is 53.0 Å². The molecule has 0 aliphatic heterocycles. The maximum absolute atomic E-state index is 11.9. The molecule has 0 saturated heterocycles. The second-order valence-corrected chi connectivity index (χ2v) is 4.56. The van der Waals surface area contributed by atoms with Crippen LogP contribution < -0.4 is 4.74 Å². The van der Waals surface area contributed by atoms with E-state index in [4.69, 9.17) is 16.3 Å². The zero-order valence-corrected chi connectivity index (χ0v) is 11.0. The fourth-order valence-corrected chi connectivity index (χ4v) is 1.93. The third-order valence-corrected chi connectivity index (χ3v) is 3.14. The first-order valence-electron chi connectivity index (χ1n) is 4.90. The molecule has 0 N–H and O–H groups in total. The van der Waals surface area contributed by atoms with Gasteiger partial charge in [0.25, 0.3) is 0 Å². The lowest BCUT2D eigenvalue weighted by molar-refractivity contribution is 0.0734. The molecule has 0 unspecified atom stereocenters. The molecule has 0 spiro atoms. The third-order valence-electron chi connectivity index (χ3n) is 2.13. The first-order chi connectivity index (χ1) is 8.18. The normalized spacial score (nSPS) is 10.0. The molecule has 0 aliphatic rings. The molecule has 0 saturated carbocycles. The lowest BCUT2D eigenvalue weighted by atomic mass is 10.2. The van der Waals surface area contributed by atoms with Crippen molar-refractivity contribution in [3.05, 3.63) is 63.6 Å². The summed E-state index contributed by atoms with van der Waals surface area (Å²) < 4.78 is 5.90. The second kappa shape index (κ2) is 5.34. The molecule has 17 heavy (non-hydrogen) atoms. The van der Waals surface area contributed by atoms with Gasteiger partial charge in [0.1, 0.15) is 5.75 Å². The van der Waals surface area contributed by atoms with Gasteiger partial charge in [-0.3, -0.25) is 0 Å². The summed E-state index contributed by atoms with van der Waals surface area (Å²) in [6.07, 6.45) is 0. The summed E-state index contributed by atoms with van der Waals surface area (Å²) in [4.78, 5) is 11.9. The van der Waals surface area contributed by atoms with Crippen molar-refractivity contribution in [1.82, 2.24) is 0 Å². The Morgan fingerprint density at radius 3 is 2.41 bits per heavy atom. The fourth-order valence-electron chi connectivity index (χ4n) is 1.31. The average molecular weight is 312 g/mol. The van der Waals surface area contributed by atoms with Crippen molar-refractivity contribution >= 4 is 33.5 Å². The van der Waals surface area contributed by atoms with E-state index in [-0.39, 0.29) is 0 Å². The number of halogens is 2. The van der Waals surface area contributed by atoms with E-state index in [1.807, 2.05) is 6.07 Å². The Morgan fingerprint density at radius 1 is 1.06 bits per heavy atom. The van der Waals surface area contributed by atoms with Gasteiger partial charge in [-0.2, -0.15) is 0 Å². The van der Waals surface area contributed by atoms with Gasteiger partial charge in [-0.25, -0.2) is 4.79 Å². The van der Waals surface area contributed by atoms with Gasteiger partial charge in [-0.1, -0.05) is 35.9 Å². The molecule has 0 aliphatic carbocycles. The molecule has 2 aromatic carbocycles. The molecule has 86 valence electrons. The minimum atomic E-state index is -0.439. The smallest absolute Gasteiger partial charge is 0.344 e. The van der Waals surface area contributed by atoms with Crippen molar-refractivity contribution in [2.24, 2.45) is 0 Å². The minimum absolute atomic E-state index is 0.356. The molecule has 0 atom stereocenters. The Balaban J connectivity index is 2.24. The third kappa shape index (κ3) is 2.87. The zero-order valence-electron chi connectivity index (χ0n) is 8.69. The molecule has 0 bridgehead atoms. The number of ether oxygens (including phenoxy) is 1. The maximum atomic E-state index is 11.9. The first-order valence-corrected chi connectivity index (χ1v) is 6.07. The highest BCUT2D eigenvalue weighted by Gasteiger charge is 2.13. The van der Waals surface area contributed by atoms with Crippen LogP contribution in [-0.2, 0) is 0 Å². The van der Waals surface area contributed by atoms with E-state index in [1.165, 1.54) is 0 Å². The van der Waals surface area contributed by atoms with Crippen molar-refractivity contribution in [1.29, 1.82) is 0 Å². The molecule has 4 heteroatoms. The molecule has 0 aromatic heterocycles. The molecule has 2 nitrogen and oxygen atoms in total. The van der Waals surface area contributed by atoms with Crippen molar-refractivity contribution < 1.29 is 9.53 Å². The molecule has 0 radical (unpaired) electrons. The molecule has 2 rings (SSSR count). The topological polar surface area (TPSA) is 26.3 Å². The summed E-state index contributed by atoms with van der Waals surface area (Å²) in [5.41, 5.74) is 0.465. The monoisotopic (exact) mass is 310 g/mol. The molecule has 0 heterocycles. The molecule has 0 amide bonds. The van der Waals surface area contributed by atoms with E-state index < -0.39 is 5.97 Å². The summed E-state index contributed by atoms with van der Waals surface area (Å²) in [6, 6.07) is 13.9. The Hall–Kier alpha value is -1.32. The van der Waals surface area contributed by atoms with Gasteiger partial charge in [0.05, 0.1) is 10.6 Å². The van der Waals surface area contributed by atoms with Crippen LogP contribution >= 0.6 is 27.5 Å². The molecular formula is C13H8BrClO2. The number of hydrogen-bond donors (Lipinski definition) is 0. The van der Waals surface area contributed by atoms with Gasteiger partial charge >= 0.3 is 5.97 Å². The predicted octanol–water partition coefficient (Wildman–Crippen LogP) is 4.32. The molecule has 2 aromatic rings. The molecular weight excluding hydrogens is 303 g/mol. The van der Waals surface area contributed by atoms with E-state index >= 15 is 0 Å².